The maximum Gasteiger partial charge on any atom is 0.416 e. The molecule has 0 spiro atoms. The number of morpholine rings is 1. The normalized spacial score (nSPS) is 15.1. The molecule has 0 atom stereocenters. The van der Waals surface area contributed by atoms with E-state index in [1.165, 1.54) is 11.6 Å². The summed E-state index contributed by atoms with van der Waals surface area (Å²) < 4.78 is 69.6. The number of sulfonamides is 1. The molecule has 0 aromatic heterocycles. The number of carbonyl (C=O) groups excluding carboxylic acids is 1. The van der Waals surface area contributed by atoms with Crippen molar-refractivity contribution < 1.29 is 31.1 Å². The van der Waals surface area contributed by atoms with E-state index in [1.807, 2.05) is 24.3 Å². The molecule has 1 aliphatic heterocycles. The summed E-state index contributed by atoms with van der Waals surface area (Å²) in [5.41, 5.74) is 1.10. The minimum atomic E-state index is -4.58. The SMILES string of the molecule is CS(=O)(=O)N(CCCC(=O)NCc1ccc(CN2CCOCC2)cc1)c1cccc(C(F)(F)F)c1. The summed E-state index contributed by atoms with van der Waals surface area (Å²) in [6.45, 7) is 4.37. The lowest BCUT2D eigenvalue weighted by Crippen LogP contribution is -2.35. The fraction of sp³-hybridized carbons (Fsp3) is 0.458. The Kier molecular flexibility index (Phi) is 9.15. The molecule has 0 aliphatic carbocycles. The molecule has 192 valence electrons. The van der Waals surface area contributed by atoms with Crippen molar-refractivity contribution >= 4 is 21.6 Å². The minimum absolute atomic E-state index is 0.0418. The lowest BCUT2D eigenvalue weighted by molar-refractivity contribution is -0.137. The van der Waals surface area contributed by atoms with Crippen molar-refractivity contribution in [3.05, 3.63) is 65.2 Å². The molecular weight excluding hydrogens is 483 g/mol. The second-order valence-corrected chi connectivity index (χ2v) is 10.4. The molecule has 35 heavy (non-hydrogen) atoms. The quantitative estimate of drug-likeness (QED) is 0.527. The van der Waals surface area contributed by atoms with Crippen LogP contribution < -0.4 is 9.62 Å². The summed E-state index contributed by atoms with van der Waals surface area (Å²) in [5.74, 6) is -0.264. The van der Waals surface area contributed by atoms with Gasteiger partial charge < -0.3 is 10.1 Å². The van der Waals surface area contributed by atoms with Gasteiger partial charge in [-0.1, -0.05) is 30.3 Å². The predicted molar refractivity (Wildman–Crippen MR) is 127 cm³/mol. The number of benzene rings is 2. The number of carbonyl (C=O) groups is 1. The number of alkyl halides is 3. The highest BCUT2D eigenvalue weighted by molar-refractivity contribution is 7.92. The van der Waals surface area contributed by atoms with Crippen LogP contribution >= 0.6 is 0 Å². The van der Waals surface area contributed by atoms with Gasteiger partial charge in [0.05, 0.1) is 30.7 Å². The third kappa shape index (κ3) is 8.52. The van der Waals surface area contributed by atoms with Gasteiger partial charge in [-0.15, -0.1) is 0 Å². The number of nitrogens with one attached hydrogen (secondary N) is 1. The van der Waals surface area contributed by atoms with Crippen LogP contribution in [-0.2, 0) is 38.8 Å². The van der Waals surface area contributed by atoms with Gasteiger partial charge in [-0.3, -0.25) is 14.0 Å². The second kappa shape index (κ2) is 11.9. The number of hydrogen-bond acceptors (Lipinski definition) is 5. The van der Waals surface area contributed by atoms with E-state index in [4.69, 9.17) is 4.74 Å². The number of amides is 1. The third-order valence-corrected chi connectivity index (χ3v) is 6.84. The lowest BCUT2D eigenvalue weighted by atomic mass is 10.1. The zero-order chi connectivity index (χ0) is 25.5. The maximum atomic E-state index is 13.0. The Bertz CT molecular complexity index is 1090. The molecule has 7 nitrogen and oxygen atoms in total. The Balaban J connectivity index is 1.48. The van der Waals surface area contributed by atoms with Crippen LogP contribution in [0.5, 0.6) is 0 Å². The molecule has 1 amide bonds. The molecule has 0 bridgehead atoms. The van der Waals surface area contributed by atoms with E-state index in [9.17, 15) is 26.4 Å². The first-order valence-corrected chi connectivity index (χ1v) is 13.2. The molecule has 3 rings (SSSR count). The molecule has 0 saturated carbocycles. The molecule has 0 radical (unpaired) electrons. The van der Waals surface area contributed by atoms with Crippen LogP contribution in [0.3, 0.4) is 0 Å². The van der Waals surface area contributed by atoms with Gasteiger partial charge in [0.25, 0.3) is 0 Å². The van der Waals surface area contributed by atoms with Gasteiger partial charge in [0.15, 0.2) is 0 Å². The van der Waals surface area contributed by atoms with Crippen molar-refractivity contribution in [1.82, 2.24) is 10.2 Å². The summed E-state index contributed by atoms with van der Waals surface area (Å²) in [6, 6.07) is 12.1. The molecule has 1 aliphatic rings. The fourth-order valence-electron chi connectivity index (χ4n) is 3.78. The van der Waals surface area contributed by atoms with Crippen molar-refractivity contribution in [2.24, 2.45) is 0 Å². The highest BCUT2D eigenvalue weighted by atomic mass is 32.2. The van der Waals surface area contributed by atoms with E-state index in [-0.39, 0.29) is 31.0 Å². The van der Waals surface area contributed by atoms with Gasteiger partial charge in [0, 0.05) is 39.1 Å². The maximum absolute atomic E-state index is 13.0. The average Bonchev–Trinajstić information content (AvgIpc) is 2.81. The average molecular weight is 514 g/mol. The van der Waals surface area contributed by atoms with Crippen LogP contribution in [0.15, 0.2) is 48.5 Å². The molecule has 1 fully saturated rings. The Hall–Kier alpha value is -2.63. The lowest BCUT2D eigenvalue weighted by Gasteiger charge is -2.26. The highest BCUT2D eigenvalue weighted by Crippen LogP contribution is 2.32. The zero-order valence-corrected chi connectivity index (χ0v) is 20.4. The van der Waals surface area contributed by atoms with E-state index in [1.54, 1.807) is 0 Å². The van der Waals surface area contributed by atoms with Crippen molar-refractivity contribution in [2.75, 3.05) is 43.4 Å². The van der Waals surface area contributed by atoms with Crippen LogP contribution in [0.4, 0.5) is 18.9 Å². The Morgan fingerprint density at radius 3 is 2.37 bits per heavy atom. The molecule has 2 aromatic carbocycles. The number of nitrogens with zero attached hydrogens (tertiary/aromatic N) is 2. The van der Waals surface area contributed by atoms with Crippen LogP contribution in [-0.4, -0.2) is 58.3 Å². The van der Waals surface area contributed by atoms with Crippen molar-refractivity contribution in [3.8, 4) is 0 Å². The second-order valence-electron chi connectivity index (χ2n) is 8.47. The molecule has 11 heteroatoms. The van der Waals surface area contributed by atoms with E-state index in [0.29, 0.717) is 6.54 Å². The van der Waals surface area contributed by atoms with Crippen molar-refractivity contribution in [2.45, 2.75) is 32.1 Å². The summed E-state index contributed by atoms with van der Waals surface area (Å²) in [5, 5.41) is 2.80. The summed E-state index contributed by atoms with van der Waals surface area (Å²) >= 11 is 0. The minimum Gasteiger partial charge on any atom is -0.379 e. The fourth-order valence-corrected chi connectivity index (χ4v) is 4.73. The molecule has 2 aromatic rings. The van der Waals surface area contributed by atoms with Gasteiger partial charge >= 0.3 is 6.18 Å². The van der Waals surface area contributed by atoms with Gasteiger partial charge in [-0.2, -0.15) is 13.2 Å². The monoisotopic (exact) mass is 513 g/mol. The smallest absolute Gasteiger partial charge is 0.379 e. The first kappa shape index (κ1) is 27.0. The zero-order valence-electron chi connectivity index (χ0n) is 19.6. The molecular formula is C24H30F3N3O4S. The number of rotatable bonds is 10. The van der Waals surface area contributed by atoms with Gasteiger partial charge in [-0.25, -0.2) is 8.42 Å². The van der Waals surface area contributed by atoms with E-state index in [0.717, 1.165) is 67.2 Å². The molecule has 0 unspecified atom stereocenters. The Morgan fingerprint density at radius 1 is 1.09 bits per heavy atom. The first-order chi connectivity index (χ1) is 16.5. The largest absolute Gasteiger partial charge is 0.416 e. The number of halogens is 3. The molecule has 1 N–H and O–H groups in total. The first-order valence-electron chi connectivity index (χ1n) is 11.3. The summed E-state index contributed by atoms with van der Waals surface area (Å²) in [4.78, 5) is 14.6. The van der Waals surface area contributed by atoms with Crippen molar-refractivity contribution in [1.29, 1.82) is 0 Å². The van der Waals surface area contributed by atoms with E-state index >= 15 is 0 Å². The Labute approximate surface area is 203 Å². The van der Waals surface area contributed by atoms with Gasteiger partial charge in [0.2, 0.25) is 15.9 Å². The number of ether oxygens (including phenoxy) is 1. The number of anilines is 1. The summed E-state index contributed by atoms with van der Waals surface area (Å²) in [6.07, 6.45) is -3.45. The molecule has 1 heterocycles. The van der Waals surface area contributed by atoms with Gasteiger partial charge in [0.1, 0.15) is 0 Å². The van der Waals surface area contributed by atoms with Crippen LogP contribution in [0, 0.1) is 0 Å². The Morgan fingerprint density at radius 2 is 1.74 bits per heavy atom. The van der Waals surface area contributed by atoms with Crippen LogP contribution in [0.25, 0.3) is 0 Å². The molecule has 1 saturated heterocycles. The topological polar surface area (TPSA) is 79.0 Å². The van der Waals surface area contributed by atoms with Gasteiger partial charge in [-0.05, 0) is 35.7 Å². The van der Waals surface area contributed by atoms with E-state index in [2.05, 4.69) is 10.2 Å². The predicted octanol–water partition coefficient (Wildman–Crippen LogP) is 3.40. The summed E-state index contributed by atoms with van der Waals surface area (Å²) in [7, 11) is -3.82. The van der Waals surface area contributed by atoms with Crippen molar-refractivity contribution in [3.63, 3.8) is 0 Å². The van der Waals surface area contributed by atoms with Crippen LogP contribution in [0.1, 0.15) is 29.5 Å². The van der Waals surface area contributed by atoms with E-state index < -0.39 is 21.8 Å². The van der Waals surface area contributed by atoms with Crippen LogP contribution in [0.2, 0.25) is 0 Å². The highest BCUT2D eigenvalue weighted by Gasteiger charge is 2.31. The third-order valence-electron chi connectivity index (χ3n) is 5.65. The standard InChI is InChI=1S/C24H30F3N3O4S/c1-35(32,33)30(22-5-2-4-21(16-22)24(25,26)27)11-3-6-23(31)28-17-19-7-9-20(10-8-19)18-29-12-14-34-15-13-29/h2,4-5,7-10,16H,3,6,11-15,17-18H2,1H3,(H,28,31). The number of hydrogen-bond donors (Lipinski definition) is 1.